The average molecular weight is 658 g/mol. The van der Waals surface area contributed by atoms with Gasteiger partial charge in [0.1, 0.15) is 36.4 Å². The summed E-state index contributed by atoms with van der Waals surface area (Å²) in [4.78, 5) is 23.5. The van der Waals surface area contributed by atoms with Crippen LogP contribution in [0.15, 0.2) is 84.8 Å². The van der Waals surface area contributed by atoms with Crippen LogP contribution in [0.25, 0.3) is 11.3 Å². The van der Waals surface area contributed by atoms with Crippen LogP contribution < -0.4 is 4.90 Å². The van der Waals surface area contributed by atoms with Crippen molar-refractivity contribution in [3.63, 3.8) is 0 Å². The monoisotopic (exact) mass is 657 g/mol. The van der Waals surface area contributed by atoms with Gasteiger partial charge in [0.2, 0.25) is 0 Å². The van der Waals surface area contributed by atoms with Crippen molar-refractivity contribution in [2.45, 2.75) is 45.4 Å². The molecule has 2 atom stereocenters. The molecular weight excluding hydrogens is 622 g/mol. The van der Waals surface area contributed by atoms with Crippen molar-refractivity contribution < 1.29 is 27.9 Å². The number of quaternary nitrogens is 1. The normalized spacial score (nSPS) is 13.2. The standard InChI is InChI=1S/C35H34F2N6O3S/c1-4-42(5-2)18-26-7-6-8-28(15-26)34(44)45-23-46-35(20-43-22-39-21-40-43,30-14-13-29(36)16-31(30)37)24(3)33-41-32(19-47-33)27-11-9-25(17-38)10-12-27/h6-16,19,21-22,24H,4-5,18,20,23H2,1-3H3/p+1/t24-,35+/m0/s1. The average Bonchev–Trinajstić information content (AvgIpc) is 3.79. The Morgan fingerprint density at radius 2 is 1.89 bits per heavy atom. The third kappa shape index (κ3) is 7.77. The topological polar surface area (TPSA) is 107 Å². The first-order chi connectivity index (χ1) is 22.8. The number of thiazole rings is 1. The van der Waals surface area contributed by atoms with E-state index in [2.05, 4.69) is 30.0 Å². The number of hydrogen-bond acceptors (Lipinski definition) is 8. The van der Waals surface area contributed by atoms with Crippen LogP contribution in [0, 0.1) is 23.0 Å². The molecule has 0 fully saturated rings. The second-order valence-electron chi connectivity index (χ2n) is 11.1. The van der Waals surface area contributed by atoms with E-state index in [1.165, 1.54) is 39.6 Å². The molecule has 0 radical (unpaired) electrons. The zero-order valence-corrected chi connectivity index (χ0v) is 27.1. The van der Waals surface area contributed by atoms with Crippen molar-refractivity contribution in [3.8, 4) is 17.3 Å². The molecule has 0 aliphatic heterocycles. The van der Waals surface area contributed by atoms with Crippen molar-refractivity contribution >= 4 is 17.3 Å². The Morgan fingerprint density at radius 1 is 1.11 bits per heavy atom. The van der Waals surface area contributed by atoms with Gasteiger partial charge in [-0.15, -0.1) is 11.3 Å². The van der Waals surface area contributed by atoms with E-state index in [1.54, 1.807) is 36.4 Å². The van der Waals surface area contributed by atoms with Gasteiger partial charge in [-0.2, -0.15) is 10.4 Å². The van der Waals surface area contributed by atoms with Crippen LogP contribution in [-0.4, -0.2) is 45.6 Å². The Kier molecular flexibility index (Phi) is 10.8. The summed E-state index contributed by atoms with van der Waals surface area (Å²) in [6.07, 6.45) is 2.81. The molecule has 5 aromatic rings. The maximum atomic E-state index is 15.7. The molecule has 9 nitrogen and oxygen atoms in total. The molecule has 0 spiro atoms. The van der Waals surface area contributed by atoms with Gasteiger partial charge in [0.05, 0.1) is 47.5 Å². The van der Waals surface area contributed by atoms with Gasteiger partial charge >= 0.3 is 5.97 Å². The summed E-state index contributed by atoms with van der Waals surface area (Å²) in [6, 6.07) is 19.7. The Morgan fingerprint density at radius 3 is 2.57 bits per heavy atom. The van der Waals surface area contributed by atoms with Gasteiger partial charge in [0, 0.05) is 34.1 Å². The number of rotatable bonds is 14. The summed E-state index contributed by atoms with van der Waals surface area (Å²) >= 11 is 1.34. The van der Waals surface area contributed by atoms with E-state index in [9.17, 15) is 14.4 Å². The molecule has 242 valence electrons. The fourth-order valence-electron chi connectivity index (χ4n) is 5.49. The molecule has 47 heavy (non-hydrogen) atoms. The van der Waals surface area contributed by atoms with Gasteiger partial charge in [0.25, 0.3) is 0 Å². The fourth-order valence-corrected chi connectivity index (χ4v) is 6.46. The summed E-state index contributed by atoms with van der Waals surface area (Å²) in [5.41, 5.74) is 1.82. The van der Waals surface area contributed by atoms with Crippen molar-refractivity contribution in [1.82, 2.24) is 19.7 Å². The zero-order valence-electron chi connectivity index (χ0n) is 26.3. The lowest BCUT2D eigenvalue weighted by atomic mass is 9.81. The first kappa shape index (κ1) is 33.5. The number of hydrogen-bond donors (Lipinski definition) is 1. The van der Waals surface area contributed by atoms with Crippen molar-refractivity contribution in [2.75, 3.05) is 19.9 Å². The number of aromatic nitrogens is 4. The fraction of sp³-hybridized carbons (Fsp3) is 0.286. The lowest BCUT2D eigenvalue weighted by molar-refractivity contribution is -0.910. The van der Waals surface area contributed by atoms with Gasteiger partial charge in [-0.25, -0.2) is 28.2 Å². The van der Waals surface area contributed by atoms with Crippen molar-refractivity contribution in [3.05, 3.63) is 124 Å². The number of carbonyl (C=O) groups is 1. The molecule has 0 saturated carbocycles. The summed E-state index contributed by atoms with van der Waals surface area (Å²) in [6.45, 7) is 8.15. The summed E-state index contributed by atoms with van der Waals surface area (Å²) in [5, 5.41) is 15.9. The van der Waals surface area contributed by atoms with Crippen molar-refractivity contribution in [1.29, 1.82) is 5.26 Å². The molecule has 0 unspecified atom stereocenters. The molecule has 0 bridgehead atoms. The van der Waals surface area contributed by atoms with Crippen molar-refractivity contribution in [2.24, 2.45) is 0 Å². The molecule has 3 aromatic carbocycles. The van der Waals surface area contributed by atoms with Gasteiger partial charge in [-0.05, 0) is 44.2 Å². The number of nitrogens with zero attached hydrogens (tertiary/aromatic N) is 5. The van der Waals surface area contributed by atoms with Crippen LogP contribution in [0.1, 0.15) is 58.7 Å². The first-order valence-electron chi connectivity index (χ1n) is 15.2. The molecule has 0 aliphatic rings. The predicted molar refractivity (Wildman–Crippen MR) is 172 cm³/mol. The van der Waals surface area contributed by atoms with E-state index >= 15 is 4.39 Å². The third-order valence-corrected chi connectivity index (χ3v) is 9.30. The van der Waals surface area contributed by atoms with E-state index < -0.39 is 35.9 Å². The van der Waals surface area contributed by atoms with E-state index in [-0.39, 0.29) is 12.1 Å². The van der Waals surface area contributed by atoms with E-state index in [1.807, 2.05) is 24.4 Å². The molecule has 0 saturated heterocycles. The highest BCUT2D eigenvalue weighted by Gasteiger charge is 2.45. The van der Waals surface area contributed by atoms with Crippen LogP contribution in [0.5, 0.6) is 0 Å². The second kappa shape index (κ2) is 15.2. The summed E-state index contributed by atoms with van der Waals surface area (Å²) in [5.74, 6) is -2.83. The molecule has 1 N–H and O–H groups in total. The lowest BCUT2D eigenvalue weighted by Crippen LogP contribution is -3.10. The first-order valence-corrected chi connectivity index (χ1v) is 16.1. The van der Waals surface area contributed by atoms with Gasteiger partial charge in [-0.3, -0.25) is 0 Å². The number of nitrogens with one attached hydrogen (secondary N) is 1. The van der Waals surface area contributed by atoms with E-state index in [4.69, 9.17) is 14.5 Å². The number of ether oxygens (including phenoxy) is 2. The third-order valence-electron chi connectivity index (χ3n) is 8.28. The minimum absolute atomic E-state index is 0.0391. The minimum atomic E-state index is -1.57. The van der Waals surface area contributed by atoms with E-state index in [0.29, 0.717) is 21.8 Å². The summed E-state index contributed by atoms with van der Waals surface area (Å²) < 4.78 is 43.4. The quantitative estimate of drug-likeness (QED) is 0.124. The number of carbonyl (C=O) groups excluding carboxylic acids is 1. The largest absolute Gasteiger partial charge is 0.435 e. The van der Waals surface area contributed by atoms with Crippen LogP contribution >= 0.6 is 11.3 Å². The Bertz CT molecular complexity index is 1840. The van der Waals surface area contributed by atoms with Crippen LogP contribution in [0.2, 0.25) is 0 Å². The highest BCUT2D eigenvalue weighted by atomic mass is 32.1. The van der Waals surface area contributed by atoms with E-state index in [0.717, 1.165) is 42.9 Å². The smallest absolute Gasteiger partial charge is 0.340 e. The number of benzene rings is 3. The molecule has 2 aromatic heterocycles. The SMILES string of the molecule is CC[NH+](CC)Cc1cccc(C(=O)OCO[C@@](Cn2cncn2)(c2ccc(F)cc2F)[C@@H](C)c2nc(-c3ccc(C#N)cc3)cs2)c1. The summed E-state index contributed by atoms with van der Waals surface area (Å²) in [7, 11) is 0. The molecule has 0 amide bonds. The minimum Gasteiger partial charge on any atom is -0.435 e. The van der Waals surface area contributed by atoms with Crippen LogP contribution in [0.4, 0.5) is 8.78 Å². The highest BCUT2D eigenvalue weighted by Crippen LogP contribution is 2.44. The maximum Gasteiger partial charge on any atom is 0.340 e. The number of halogens is 2. The van der Waals surface area contributed by atoms with Gasteiger partial charge < -0.3 is 14.4 Å². The Balaban J connectivity index is 1.48. The molecule has 0 aliphatic carbocycles. The van der Waals surface area contributed by atoms with Gasteiger partial charge in [-0.1, -0.05) is 37.3 Å². The molecule has 12 heteroatoms. The Labute approximate surface area is 276 Å². The maximum absolute atomic E-state index is 15.7. The zero-order chi connectivity index (χ0) is 33.4. The second-order valence-corrected chi connectivity index (χ2v) is 12.0. The van der Waals surface area contributed by atoms with Gasteiger partial charge in [0.15, 0.2) is 6.79 Å². The van der Waals surface area contributed by atoms with Crippen LogP contribution in [-0.2, 0) is 28.2 Å². The molecule has 5 rings (SSSR count). The highest BCUT2D eigenvalue weighted by molar-refractivity contribution is 7.10. The lowest BCUT2D eigenvalue weighted by Gasteiger charge is -2.38. The predicted octanol–water partition coefficient (Wildman–Crippen LogP) is 5.51. The Hall–Kier alpha value is -4.83. The molecule has 2 heterocycles. The number of esters is 1. The van der Waals surface area contributed by atoms with Crippen LogP contribution in [0.3, 0.4) is 0 Å². The number of nitriles is 1. The molecular formula is C35H35F2N6O3S+.